The minimum atomic E-state index is -0.251. The number of aryl methyl sites for hydroxylation is 1. The standard InChI is InChI=1S/C14H21N3O2/c1-2-17-8-11(7-15-17)6-13(18)14-9-16-5-3-4-12(16)10-19-14/h7-8,12,14H,2-6,9-10H2,1H3. The van der Waals surface area contributed by atoms with E-state index in [0.717, 1.165) is 25.2 Å². The lowest BCUT2D eigenvalue weighted by molar-refractivity contribution is -0.137. The number of hydrogen-bond donors (Lipinski definition) is 0. The molecule has 0 N–H and O–H groups in total. The van der Waals surface area contributed by atoms with Crippen LogP contribution in [-0.4, -0.2) is 52.3 Å². The monoisotopic (exact) mass is 263 g/mol. The maximum atomic E-state index is 12.3. The Hall–Kier alpha value is -1.20. The minimum absolute atomic E-state index is 0.181. The van der Waals surface area contributed by atoms with Gasteiger partial charge in [-0.25, -0.2) is 0 Å². The number of carbonyl (C=O) groups is 1. The van der Waals surface area contributed by atoms with E-state index in [1.165, 1.54) is 12.8 Å². The lowest BCUT2D eigenvalue weighted by Crippen LogP contribution is -2.49. The topological polar surface area (TPSA) is 47.4 Å². The van der Waals surface area contributed by atoms with Crippen LogP contribution in [0.3, 0.4) is 0 Å². The van der Waals surface area contributed by atoms with E-state index < -0.39 is 0 Å². The predicted molar refractivity (Wildman–Crippen MR) is 70.9 cm³/mol. The number of rotatable bonds is 4. The first-order valence-electron chi connectivity index (χ1n) is 7.16. The van der Waals surface area contributed by atoms with Crippen molar-refractivity contribution in [2.24, 2.45) is 0 Å². The third kappa shape index (κ3) is 2.72. The van der Waals surface area contributed by atoms with E-state index in [1.807, 2.05) is 17.8 Å². The highest BCUT2D eigenvalue weighted by Crippen LogP contribution is 2.23. The van der Waals surface area contributed by atoms with Crippen LogP contribution in [-0.2, 0) is 22.5 Å². The third-order valence-corrected chi connectivity index (χ3v) is 4.14. The molecule has 0 amide bonds. The van der Waals surface area contributed by atoms with Crippen LogP contribution in [0, 0.1) is 0 Å². The lowest BCUT2D eigenvalue weighted by Gasteiger charge is -2.34. The smallest absolute Gasteiger partial charge is 0.167 e. The molecule has 0 aliphatic carbocycles. The van der Waals surface area contributed by atoms with Crippen LogP contribution in [0.25, 0.3) is 0 Å². The molecule has 0 bridgehead atoms. The molecule has 2 atom stereocenters. The maximum Gasteiger partial charge on any atom is 0.167 e. The first-order valence-corrected chi connectivity index (χ1v) is 7.16. The second-order valence-electron chi connectivity index (χ2n) is 5.46. The van der Waals surface area contributed by atoms with E-state index in [-0.39, 0.29) is 11.9 Å². The molecule has 2 unspecified atom stereocenters. The van der Waals surface area contributed by atoms with E-state index in [0.29, 0.717) is 19.1 Å². The number of morpholine rings is 1. The summed E-state index contributed by atoms with van der Waals surface area (Å²) in [7, 11) is 0. The molecule has 0 aromatic carbocycles. The lowest BCUT2D eigenvalue weighted by atomic mass is 10.1. The van der Waals surface area contributed by atoms with E-state index in [1.54, 1.807) is 6.20 Å². The molecule has 5 nitrogen and oxygen atoms in total. The van der Waals surface area contributed by atoms with Crippen LogP contribution in [0.5, 0.6) is 0 Å². The third-order valence-electron chi connectivity index (χ3n) is 4.14. The highest BCUT2D eigenvalue weighted by atomic mass is 16.5. The van der Waals surface area contributed by atoms with Gasteiger partial charge in [-0.15, -0.1) is 0 Å². The zero-order valence-electron chi connectivity index (χ0n) is 11.4. The molecule has 0 spiro atoms. The largest absolute Gasteiger partial charge is 0.367 e. The number of Topliss-reactive ketones (excluding diaryl/α,β-unsaturated/α-hetero) is 1. The van der Waals surface area contributed by atoms with Crippen molar-refractivity contribution in [2.75, 3.05) is 19.7 Å². The molecule has 2 aliphatic rings. The molecule has 2 saturated heterocycles. The minimum Gasteiger partial charge on any atom is -0.367 e. The summed E-state index contributed by atoms with van der Waals surface area (Å²) in [5.74, 6) is 0.181. The van der Waals surface area contributed by atoms with Crippen LogP contribution in [0.4, 0.5) is 0 Å². The molecule has 0 saturated carbocycles. The SMILES string of the molecule is CCn1cc(CC(=O)C2CN3CCCC3CO2)cn1. The first-order chi connectivity index (χ1) is 9.26. The Morgan fingerprint density at radius 1 is 1.58 bits per heavy atom. The number of nitrogens with zero attached hydrogens (tertiary/aromatic N) is 3. The Balaban J connectivity index is 1.58. The molecule has 3 rings (SSSR count). The summed E-state index contributed by atoms with van der Waals surface area (Å²) in [6.45, 7) is 5.47. The predicted octanol–water partition coefficient (Wildman–Crippen LogP) is 0.878. The Morgan fingerprint density at radius 3 is 3.26 bits per heavy atom. The van der Waals surface area contributed by atoms with Gasteiger partial charge in [0.2, 0.25) is 0 Å². The van der Waals surface area contributed by atoms with Gasteiger partial charge in [0, 0.05) is 31.7 Å². The summed E-state index contributed by atoms with van der Waals surface area (Å²) in [6, 6.07) is 0.548. The van der Waals surface area contributed by atoms with Crippen molar-refractivity contribution in [1.29, 1.82) is 0 Å². The summed E-state index contributed by atoms with van der Waals surface area (Å²) >= 11 is 0. The second-order valence-corrected chi connectivity index (χ2v) is 5.46. The number of carbonyl (C=O) groups excluding carboxylic acids is 1. The molecule has 19 heavy (non-hydrogen) atoms. The molecule has 104 valence electrons. The highest BCUT2D eigenvalue weighted by Gasteiger charge is 2.35. The summed E-state index contributed by atoms with van der Waals surface area (Å²) in [6.07, 6.45) is 6.35. The summed E-state index contributed by atoms with van der Waals surface area (Å²) < 4.78 is 7.59. The zero-order valence-corrected chi connectivity index (χ0v) is 11.4. The molecule has 5 heteroatoms. The molecular formula is C14H21N3O2. The zero-order chi connectivity index (χ0) is 13.2. The summed E-state index contributed by atoms with van der Waals surface area (Å²) in [4.78, 5) is 14.7. The van der Waals surface area contributed by atoms with Crippen LogP contribution in [0.15, 0.2) is 12.4 Å². The molecule has 2 aliphatic heterocycles. The Labute approximate surface area is 113 Å². The van der Waals surface area contributed by atoms with E-state index >= 15 is 0 Å². The number of ether oxygens (including phenoxy) is 1. The van der Waals surface area contributed by atoms with Gasteiger partial charge in [0.25, 0.3) is 0 Å². The fourth-order valence-electron chi connectivity index (χ4n) is 3.00. The van der Waals surface area contributed by atoms with Crippen LogP contribution < -0.4 is 0 Å². The number of aromatic nitrogens is 2. The van der Waals surface area contributed by atoms with Crippen LogP contribution >= 0.6 is 0 Å². The van der Waals surface area contributed by atoms with Gasteiger partial charge >= 0.3 is 0 Å². The van der Waals surface area contributed by atoms with Crippen molar-refractivity contribution in [1.82, 2.24) is 14.7 Å². The summed E-state index contributed by atoms with van der Waals surface area (Å²) in [5.41, 5.74) is 0.985. The number of fused-ring (bicyclic) bond motifs is 1. The van der Waals surface area contributed by atoms with E-state index in [2.05, 4.69) is 10.00 Å². The van der Waals surface area contributed by atoms with Crippen molar-refractivity contribution >= 4 is 5.78 Å². The normalized spacial score (nSPS) is 27.4. The van der Waals surface area contributed by atoms with Gasteiger partial charge in [-0.2, -0.15) is 5.10 Å². The van der Waals surface area contributed by atoms with Crippen molar-refractivity contribution in [3.05, 3.63) is 18.0 Å². The van der Waals surface area contributed by atoms with Gasteiger partial charge in [0.1, 0.15) is 6.10 Å². The van der Waals surface area contributed by atoms with E-state index in [9.17, 15) is 4.79 Å². The Bertz CT molecular complexity index is 457. The summed E-state index contributed by atoms with van der Waals surface area (Å²) in [5, 5.41) is 4.20. The van der Waals surface area contributed by atoms with Crippen molar-refractivity contribution < 1.29 is 9.53 Å². The Kier molecular flexibility index (Phi) is 3.66. The molecule has 0 radical (unpaired) electrons. The van der Waals surface area contributed by atoms with E-state index in [4.69, 9.17) is 4.74 Å². The highest BCUT2D eigenvalue weighted by molar-refractivity contribution is 5.85. The van der Waals surface area contributed by atoms with Gasteiger partial charge in [-0.3, -0.25) is 14.4 Å². The average molecular weight is 263 g/mol. The van der Waals surface area contributed by atoms with Gasteiger partial charge in [-0.05, 0) is 31.9 Å². The van der Waals surface area contributed by atoms with Crippen LogP contribution in [0.2, 0.25) is 0 Å². The molecule has 1 aromatic heterocycles. The van der Waals surface area contributed by atoms with Crippen molar-refractivity contribution in [2.45, 2.75) is 44.9 Å². The second kappa shape index (κ2) is 5.43. The van der Waals surface area contributed by atoms with Gasteiger partial charge in [0.05, 0.1) is 12.8 Å². The fourth-order valence-corrected chi connectivity index (χ4v) is 3.00. The molecule has 3 heterocycles. The van der Waals surface area contributed by atoms with Gasteiger partial charge in [0.15, 0.2) is 5.78 Å². The maximum absolute atomic E-state index is 12.3. The van der Waals surface area contributed by atoms with Crippen molar-refractivity contribution in [3.8, 4) is 0 Å². The molecule has 2 fully saturated rings. The van der Waals surface area contributed by atoms with Gasteiger partial charge < -0.3 is 4.74 Å². The molecule has 1 aromatic rings. The molecular weight excluding hydrogens is 242 g/mol. The quantitative estimate of drug-likeness (QED) is 0.809. The Morgan fingerprint density at radius 2 is 2.47 bits per heavy atom. The fraction of sp³-hybridized carbons (Fsp3) is 0.714. The first kappa shape index (κ1) is 12.8. The number of ketones is 1. The average Bonchev–Trinajstić information content (AvgIpc) is 3.05. The number of hydrogen-bond acceptors (Lipinski definition) is 4. The van der Waals surface area contributed by atoms with Crippen LogP contribution in [0.1, 0.15) is 25.3 Å². The van der Waals surface area contributed by atoms with Crippen molar-refractivity contribution in [3.63, 3.8) is 0 Å². The van der Waals surface area contributed by atoms with Gasteiger partial charge in [-0.1, -0.05) is 0 Å².